The van der Waals surface area contributed by atoms with Crippen molar-refractivity contribution in [3.63, 3.8) is 0 Å². The molecule has 0 unspecified atom stereocenters. The quantitative estimate of drug-likeness (QED) is 0.859. The van der Waals surface area contributed by atoms with Crippen molar-refractivity contribution in [3.05, 3.63) is 11.8 Å². The van der Waals surface area contributed by atoms with Gasteiger partial charge in [0.15, 0.2) is 0 Å². The normalized spacial score (nSPS) is 18.3. The number of aromatic nitrogens is 1. The maximum atomic E-state index is 12.0. The molecule has 0 spiro atoms. The zero-order chi connectivity index (χ0) is 14.1. The van der Waals surface area contributed by atoms with Gasteiger partial charge in [0.05, 0.1) is 5.54 Å². The van der Waals surface area contributed by atoms with Crippen LogP contribution < -0.4 is 11.1 Å². The van der Waals surface area contributed by atoms with E-state index >= 15 is 0 Å². The van der Waals surface area contributed by atoms with Crippen molar-refractivity contribution in [1.29, 1.82) is 0 Å². The molecule has 0 radical (unpaired) electrons. The first kappa shape index (κ1) is 13.7. The van der Waals surface area contributed by atoms with Crippen LogP contribution in [0.4, 0.5) is 10.7 Å². The van der Waals surface area contributed by atoms with Gasteiger partial charge in [-0.3, -0.25) is 0 Å². The standard InChI is InChI=1S/C13H21N3O3/c1-12(2,3)18-11(17)15-13(6-4-5-7-13)9-8-10(14)19-16-9/h8H,4-7,14H2,1-3H3,(H,15,17). The van der Waals surface area contributed by atoms with Crippen LogP contribution in [0.2, 0.25) is 0 Å². The summed E-state index contributed by atoms with van der Waals surface area (Å²) in [6.45, 7) is 5.51. The molecule has 0 atom stereocenters. The Balaban J connectivity index is 2.15. The summed E-state index contributed by atoms with van der Waals surface area (Å²) >= 11 is 0. The summed E-state index contributed by atoms with van der Waals surface area (Å²) in [5, 5.41) is 6.89. The molecule has 1 aromatic rings. The molecule has 106 valence electrons. The predicted octanol–water partition coefficient (Wildman–Crippen LogP) is 2.55. The highest BCUT2D eigenvalue weighted by molar-refractivity contribution is 5.69. The lowest BCUT2D eigenvalue weighted by Crippen LogP contribution is -2.46. The number of alkyl carbamates (subject to hydrolysis) is 1. The first-order valence-electron chi connectivity index (χ1n) is 6.55. The maximum absolute atomic E-state index is 12.0. The topological polar surface area (TPSA) is 90.4 Å². The summed E-state index contributed by atoms with van der Waals surface area (Å²) in [6.07, 6.45) is 3.26. The molecule has 6 heteroatoms. The first-order valence-corrected chi connectivity index (χ1v) is 6.55. The number of ether oxygens (including phenoxy) is 1. The monoisotopic (exact) mass is 267 g/mol. The summed E-state index contributed by atoms with van der Waals surface area (Å²) in [4.78, 5) is 12.0. The van der Waals surface area contributed by atoms with Gasteiger partial charge < -0.3 is 20.3 Å². The Bertz CT molecular complexity index is 456. The van der Waals surface area contributed by atoms with Gasteiger partial charge in [-0.25, -0.2) is 4.79 Å². The number of nitrogen functional groups attached to an aromatic ring is 1. The van der Waals surface area contributed by atoms with E-state index in [9.17, 15) is 4.79 Å². The van der Waals surface area contributed by atoms with E-state index in [1.807, 2.05) is 20.8 Å². The lowest BCUT2D eigenvalue weighted by Gasteiger charge is -2.29. The van der Waals surface area contributed by atoms with Crippen molar-refractivity contribution in [1.82, 2.24) is 10.5 Å². The zero-order valence-corrected chi connectivity index (χ0v) is 11.7. The molecule has 1 amide bonds. The van der Waals surface area contributed by atoms with Crippen LogP contribution >= 0.6 is 0 Å². The SMILES string of the molecule is CC(C)(C)OC(=O)NC1(c2cc(N)on2)CCCC1. The summed E-state index contributed by atoms with van der Waals surface area (Å²) in [5.41, 5.74) is 5.21. The summed E-state index contributed by atoms with van der Waals surface area (Å²) in [6, 6.07) is 1.67. The van der Waals surface area contributed by atoms with E-state index < -0.39 is 17.2 Å². The number of amides is 1. The van der Waals surface area contributed by atoms with Gasteiger partial charge in [-0.2, -0.15) is 0 Å². The van der Waals surface area contributed by atoms with Gasteiger partial charge in [-0.15, -0.1) is 0 Å². The van der Waals surface area contributed by atoms with Crippen LogP contribution in [0.3, 0.4) is 0 Å². The van der Waals surface area contributed by atoms with Crippen molar-refractivity contribution in [2.75, 3.05) is 5.73 Å². The van der Waals surface area contributed by atoms with Gasteiger partial charge in [-0.1, -0.05) is 18.0 Å². The maximum Gasteiger partial charge on any atom is 0.408 e. The molecule has 1 fully saturated rings. The van der Waals surface area contributed by atoms with Crippen LogP contribution in [-0.2, 0) is 10.3 Å². The second-order valence-electron chi connectivity index (χ2n) is 6.03. The van der Waals surface area contributed by atoms with Crippen molar-refractivity contribution in [2.24, 2.45) is 0 Å². The second-order valence-corrected chi connectivity index (χ2v) is 6.03. The average molecular weight is 267 g/mol. The van der Waals surface area contributed by atoms with E-state index in [1.165, 1.54) is 0 Å². The minimum absolute atomic E-state index is 0.257. The molecule has 0 bridgehead atoms. The molecule has 6 nitrogen and oxygen atoms in total. The third-order valence-corrected chi connectivity index (χ3v) is 3.22. The number of carbonyl (C=O) groups is 1. The fraction of sp³-hybridized carbons (Fsp3) is 0.692. The number of carbonyl (C=O) groups excluding carboxylic acids is 1. The molecule has 1 aromatic heterocycles. The smallest absolute Gasteiger partial charge is 0.408 e. The van der Waals surface area contributed by atoms with Gasteiger partial charge in [0.25, 0.3) is 0 Å². The lowest BCUT2D eigenvalue weighted by atomic mass is 9.93. The number of hydrogen-bond donors (Lipinski definition) is 2. The van der Waals surface area contributed by atoms with E-state index in [2.05, 4.69) is 10.5 Å². The minimum Gasteiger partial charge on any atom is -0.444 e. The number of hydrogen-bond acceptors (Lipinski definition) is 5. The fourth-order valence-corrected chi connectivity index (χ4v) is 2.44. The Kier molecular flexibility index (Phi) is 3.43. The highest BCUT2D eigenvalue weighted by Crippen LogP contribution is 2.38. The average Bonchev–Trinajstić information content (AvgIpc) is 2.84. The molecule has 1 saturated carbocycles. The van der Waals surface area contributed by atoms with Crippen LogP contribution in [0.15, 0.2) is 10.6 Å². The zero-order valence-electron chi connectivity index (χ0n) is 11.7. The van der Waals surface area contributed by atoms with Crippen molar-refractivity contribution < 1.29 is 14.1 Å². The Labute approximate surface area is 112 Å². The first-order chi connectivity index (χ1) is 8.81. The van der Waals surface area contributed by atoms with Gasteiger partial charge in [-0.05, 0) is 33.6 Å². The Morgan fingerprint density at radius 1 is 1.47 bits per heavy atom. The number of anilines is 1. The highest BCUT2D eigenvalue weighted by atomic mass is 16.6. The summed E-state index contributed by atoms with van der Waals surface area (Å²) in [5.74, 6) is 0.257. The predicted molar refractivity (Wildman–Crippen MR) is 70.4 cm³/mol. The van der Waals surface area contributed by atoms with E-state index in [1.54, 1.807) is 6.07 Å². The number of nitrogens with zero attached hydrogens (tertiary/aromatic N) is 1. The number of nitrogens with one attached hydrogen (secondary N) is 1. The Hall–Kier alpha value is -1.72. The molecule has 1 aliphatic carbocycles. The van der Waals surface area contributed by atoms with Crippen LogP contribution in [0.1, 0.15) is 52.1 Å². The minimum atomic E-state index is -0.521. The van der Waals surface area contributed by atoms with Gasteiger partial charge in [0.1, 0.15) is 11.3 Å². The van der Waals surface area contributed by atoms with E-state index in [4.69, 9.17) is 15.0 Å². The lowest BCUT2D eigenvalue weighted by molar-refractivity contribution is 0.0449. The molecule has 1 aliphatic rings. The highest BCUT2D eigenvalue weighted by Gasteiger charge is 2.40. The van der Waals surface area contributed by atoms with Gasteiger partial charge >= 0.3 is 6.09 Å². The van der Waals surface area contributed by atoms with Crippen molar-refractivity contribution in [2.45, 2.75) is 57.6 Å². The van der Waals surface area contributed by atoms with Crippen LogP contribution in [0.5, 0.6) is 0 Å². The molecular weight excluding hydrogens is 246 g/mol. The largest absolute Gasteiger partial charge is 0.444 e. The molecule has 0 saturated heterocycles. The number of rotatable bonds is 2. The van der Waals surface area contributed by atoms with E-state index in [0.29, 0.717) is 5.69 Å². The molecule has 0 aromatic carbocycles. The van der Waals surface area contributed by atoms with E-state index in [0.717, 1.165) is 25.7 Å². The molecule has 3 N–H and O–H groups in total. The Morgan fingerprint density at radius 2 is 2.11 bits per heavy atom. The summed E-state index contributed by atoms with van der Waals surface area (Å²) in [7, 11) is 0. The van der Waals surface area contributed by atoms with Crippen molar-refractivity contribution in [3.8, 4) is 0 Å². The molecule has 19 heavy (non-hydrogen) atoms. The molecule has 2 rings (SSSR count). The van der Waals surface area contributed by atoms with E-state index in [-0.39, 0.29) is 5.88 Å². The third kappa shape index (κ3) is 3.19. The Morgan fingerprint density at radius 3 is 2.58 bits per heavy atom. The second kappa shape index (κ2) is 4.75. The van der Waals surface area contributed by atoms with Crippen LogP contribution in [0.25, 0.3) is 0 Å². The van der Waals surface area contributed by atoms with Crippen LogP contribution in [0, 0.1) is 0 Å². The fourth-order valence-electron chi connectivity index (χ4n) is 2.44. The molecule has 1 heterocycles. The molecule has 0 aliphatic heterocycles. The summed E-state index contributed by atoms with van der Waals surface area (Å²) < 4.78 is 10.2. The number of nitrogens with two attached hydrogens (primary N) is 1. The third-order valence-electron chi connectivity index (χ3n) is 3.22. The van der Waals surface area contributed by atoms with Gasteiger partial charge in [0.2, 0.25) is 5.88 Å². The van der Waals surface area contributed by atoms with Gasteiger partial charge in [0, 0.05) is 6.07 Å². The van der Waals surface area contributed by atoms with Crippen LogP contribution in [-0.4, -0.2) is 16.9 Å². The molecular formula is C13H21N3O3. The van der Waals surface area contributed by atoms with Crippen molar-refractivity contribution >= 4 is 12.0 Å².